The van der Waals surface area contributed by atoms with Crippen LogP contribution in [0.1, 0.15) is 55.2 Å². The molecule has 2 heteroatoms. The normalized spacial score (nSPS) is 23.9. The van der Waals surface area contributed by atoms with Gasteiger partial charge in [-0.25, -0.2) is 0 Å². The van der Waals surface area contributed by atoms with Crippen LogP contribution < -0.4 is 0 Å². The lowest BCUT2D eigenvalue weighted by Gasteiger charge is -2.28. The Morgan fingerprint density at radius 2 is 1.89 bits per heavy atom. The minimum absolute atomic E-state index is 0.477. The summed E-state index contributed by atoms with van der Waals surface area (Å²) in [7, 11) is 1.83. The maximum Gasteiger partial charge on any atom is 0.0571 e. The molecule has 0 radical (unpaired) electrons. The third-order valence-electron chi connectivity index (χ3n) is 4.11. The third kappa shape index (κ3) is 2.99. The predicted molar refractivity (Wildman–Crippen MR) is 80.6 cm³/mol. The minimum atomic E-state index is 0.477. The van der Waals surface area contributed by atoms with Crippen LogP contribution in [0.25, 0.3) is 0 Å². The lowest BCUT2D eigenvalue weighted by atomic mass is 9.82. The topological polar surface area (TPSA) is 9.23 Å². The van der Waals surface area contributed by atoms with Crippen LogP contribution in [0.5, 0.6) is 0 Å². The first-order chi connectivity index (χ1) is 8.61. The zero-order valence-electron chi connectivity index (χ0n) is 11.5. The Labute approximate surface area is 116 Å². The van der Waals surface area contributed by atoms with E-state index in [1.54, 1.807) is 0 Å². The lowest BCUT2D eigenvalue weighted by Crippen LogP contribution is -2.19. The summed E-state index contributed by atoms with van der Waals surface area (Å²) < 4.78 is 5.43. The number of rotatable bonds is 3. The molecule has 18 heavy (non-hydrogen) atoms. The summed E-state index contributed by atoms with van der Waals surface area (Å²) in [4.78, 5) is 0.988. The number of methoxy groups -OCH3 is 1. The number of thiocarbonyl (C=S) groups is 1. The van der Waals surface area contributed by atoms with Crippen molar-refractivity contribution in [3.05, 3.63) is 34.9 Å². The molecule has 0 spiro atoms. The van der Waals surface area contributed by atoms with Crippen molar-refractivity contribution in [3.63, 3.8) is 0 Å². The maximum atomic E-state index is 5.43. The fourth-order valence-corrected chi connectivity index (χ4v) is 3.20. The maximum absolute atomic E-state index is 5.43. The molecule has 0 N–H and O–H groups in total. The van der Waals surface area contributed by atoms with Crippen LogP contribution in [-0.2, 0) is 4.74 Å². The minimum Gasteiger partial charge on any atom is -0.381 e. The van der Waals surface area contributed by atoms with Gasteiger partial charge in [-0.2, -0.15) is 0 Å². The van der Waals surface area contributed by atoms with Gasteiger partial charge in [0.1, 0.15) is 0 Å². The molecule has 1 aliphatic carbocycles. The van der Waals surface area contributed by atoms with Crippen LogP contribution in [0.3, 0.4) is 0 Å². The zero-order chi connectivity index (χ0) is 13.1. The lowest BCUT2D eigenvalue weighted by molar-refractivity contribution is 0.0658. The number of aryl methyl sites for hydroxylation is 1. The van der Waals surface area contributed by atoms with Crippen molar-refractivity contribution >= 4 is 17.1 Å². The van der Waals surface area contributed by atoms with E-state index in [-0.39, 0.29) is 0 Å². The van der Waals surface area contributed by atoms with Gasteiger partial charge in [0, 0.05) is 12.0 Å². The van der Waals surface area contributed by atoms with Gasteiger partial charge < -0.3 is 4.74 Å². The third-order valence-corrected chi connectivity index (χ3v) is 4.33. The summed E-state index contributed by atoms with van der Waals surface area (Å²) in [6, 6.07) is 6.77. The first-order valence-electron chi connectivity index (χ1n) is 6.76. The van der Waals surface area contributed by atoms with E-state index in [2.05, 4.69) is 25.1 Å². The molecular weight excluding hydrogens is 240 g/mol. The summed E-state index contributed by atoms with van der Waals surface area (Å²) in [6.07, 6.45) is 5.34. The molecule has 1 aromatic rings. The van der Waals surface area contributed by atoms with Crippen molar-refractivity contribution in [3.8, 4) is 0 Å². The summed E-state index contributed by atoms with van der Waals surface area (Å²) in [5.41, 5.74) is 4.01. The predicted octanol–water partition coefficient (Wildman–Crippen LogP) is 4.41. The van der Waals surface area contributed by atoms with Crippen molar-refractivity contribution in [1.29, 1.82) is 0 Å². The van der Waals surface area contributed by atoms with Crippen LogP contribution >= 0.6 is 12.2 Å². The van der Waals surface area contributed by atoms with Gasteiger partial charge in [-0.15, -0.1) is 0 Å². The highest BCUT2D eigenvalue weighted by atomic mass is 32.1. The quantitative estimate of drug-likeness (QED) is 0.589. The molecule has 1 nitrogen and oxygen atoms in total. The molecule has 98 valence electrons. The molecule has 0 atom stereocenters. The average Bonchev–Trinajstić information content (AvgIpc) is 2.38. The van der Waals surface area contributed by atoms with Gasteiger partial charge in [0.2, 0.25) is 0 Å². The zero-order valence-corrected chi connectivity index (χ0v) is 12.3. The standard InChI is InChI=1S/C16H22OS/c1-11-10-14(6-9-16(11)12(2)18)13-4-7-15(17-3)8-5-13/h6,9-10,13,15H,4-5,7-8H2,1-3H3/t13-,15+. The fraction of sp³-hybridized carbons (Fsp3) is 0.562. The van der Waals surface area contributed by atoms with E-state index >= 15 is 0 Å². The summed E-state index contributed by atoms with van der Waals surface area (Å²) in [6.45, 7) is 4.16. The second-order valence-corrected chi connectivity index (χ2v) is 5.95. The van der Waals surface area contributed by atoms with Crippen LogP contribution in [0.4, 0.5) is 0 Å². The molecule has 1 fully saturated rings. The van der Waals surface area contributed by atoms with E-state index in [9.17, 15) is 0 Å². The molecule has 0 saturated heterocycles. The molecule has 0 aromatic heterocycles. The summed E-state index contributed by atoms with van der Waals surface area (Å²) in [5.74, 6) is 0.703. The summed E-state index contributed by atoms with van der Waals surface area (Å²) >= 11 is 5.26. The van der Waals surface area contributed by atoms with Crippen molar-refractivity contribution in [1.82, 2.24) is 0 Å². The molecule has 0 bridgehead atoms. The molecule has 1 saturated carbocycles. The molecule has 1 aliphatic rings. The molecule has 2 rings (SSSR count). The van der Waals surface area contributed by atoms with Gasteiger partial charge in [0.15, 0.2) is 0 Å². The van der Waals surface area contributed by atoms with Crippen LogP contribution in [0.15, 0.2) is 18.2 Å². The molecular formula is C16H22OS. The highest BCUT2D eigenvalue weighted by molar-refractivity contribution is 7.80. The molecule has 0 unspecified atom stereocenters. The van der Waals surface area contributed by atoms with Crippen LogP contribution in [-0.4, -0.2) is 18.1 Å². The van der Waals surface area contributed by atoms with Crippen LogP contribution in [0, 0.1) is 6.92 Å². The van der Waals surface area contributed by atoms with Gasteiger partial charge in [-0.3, -0.25) is 0 Å². The monoisotopic (exact) mass is 262 g/mol. The Morgan fingerprint density at radius 1 is 1.22 bits per heavy atom. The van der Waals surface area contributed by atoms with E-state index in [0.29, 0.717) is 12.0 Å². The Morgan fingerprint density at radius 3 is 2.39 bits per heavy atom. The largest absolute Gasteiger partial charge is 0.381 e. The highest BCUT2D eigenvalue weighted by Crippen LogP contribution is 2.34. The van der Waals surface area contributed by atoms with E-state index < -0.39 is 0 Å². The average molecular weight is 262 g/mol. The van der Waals surface area contributed by atoms with Crippen molar-refractivity contribution < 1.29 is 4.74 Å². The van der Waals surface area contributed by atoms with Crippen molar-refractivity contribution in [2.24, 2.45) is 0 Å². The number of benzene rings is 1. The molecule has 0 aliphatic heterocycles. The van der Waals surface area contributed by atoms with Crippen molar-refractivity contribution in [2.75, 3.05) is 7.11 Å². The SMILES string of the molecule is CO[C@H]1CC[C@@H](c2ccc(C(C)=S)c(C)c2)CC1. The van der Waals surface area contributed by atoms with Crippen LogP contribution in [0.2, 0.25) is 0 Å². The molecule has 1 aromatic carbocycles. The van der Waals surface area contributed by atoms with E-state index in [1.807, 2.05) is 14.0 Å². The van der Waals surface area contributed by atoms with Gasteiger partial charge in [0.25, 0.3) is 0 Å². The van der Waals surface area contributed by atoms with E-state index in [4.69, 9.17) is 17.0 Å². The van der Waals surface area contributed by atoms with E-state index in [0.717, 1.165) is 4.86 Å². The van der Waals surface area contributed by atoms with Gasteiger partial charge in [-0.1, -0.05) is 30.4 Å². The Balaban J connectivity index is 2.11. The molecule has 0 heterocycles. The highest BCUT2D eigenvalue weighted by Gasteiger charge is 2.22. The fourth-order valence-electron chi connectivity index (χ4n) is 2.97. The Bertz CT molecular complexity index is 431. The molecule has 0 amide bonds. The van der Waals surface area contributed by atoms with Gasteiger partial charge >= 0.3 is 0 Å². The Kier molecular flexibility index (Phi) is 4.52. The second-order valence-electron chi connectivity index (χ2n) is 5.34. The first kappa shape index (κ1) is 13.7. The first-order valence-corrected chi connectivity index (χ1v) is 7.17. The Hall–Kier alpha value is -0.730. The number of hydrogen-bond donors (Lipinski definition) is 0. The van der Waals surface area contributed by atoms with Crippen molar-refractivity contribution in [2.45, 2.75) is 51.6 Å². The number of hydrogen-bond acceptors (Lipinski definition) is 2. The van der Waals surface area contributed by atoms with Gasteiger partial charge in [-0.05, 0) is 62.1 Å². The smallest absolute Gasteiger partial charge is 0.0571 e. The number of ether oxygens (including phenoxy) is 1. The van der Waals surface area contributed by atoms with Gasteiger partial charge in [0.05, 0.1) is 6.10 Å². The summed E-state index contributed by atoms with van der Waals surface area (Å²) in [5, 5.41) is 0. The second kappa shape index (κ2) is 5.94. The van der Waals surface area contributed by atoms with E-state index in [1.165, 1.54) is 42.4 Å².